The van der Waals surface area contributed by atoms with Crippen LogP contribution in [0.15, 0.2) is 29.3 Å². The molecule has 6 nitrogen and oxygen atoms in total. The third-order valence-corrected chi connectivity index (χ3v) is 5.77. The molecule has 162 valence electrons. The van der Waals surface area contributed by atoms with E-state index in [0.717, 1.165) is 44.9 Å². The van der Waals surface area contributed by atoms with E-state index in [2.05, 4.69) is 65.6 Å². The molecule has 2 fully saturated rings. The number of halogens is 1. The Balaban J connectivity index is 0.00000300. The van der Waals surface area contributed by atoms with Crippen molar-refractivity contribution < 1.29 is 4.79 Å². The van der Waals surface area contributed by atoms with Crippen molar-refractivity contribution in [1.82, 2.24) is 15.5 Å². The van der Waals surface area contributed by atoms with Crippen LogP contribution in [0.3, 0.4) is 0 Å². The van der Waals surface area contributed by atoms with Crippen molar-refractivity contribution in [3.8, 4) is 0 Å². The molecule has 4 N–H and O–H groups in total. The summed E-state index contributed by atoms with van der Waals surface area (Å²) in [5.74, 6) is 1.82. The summed E-state index contributed by atoms with van der Waals surface area (Å²) in [6, 6.07) is 9.92. The lowest BCUT2D eigenvalue weighted by Crippen LogP contribution is -2.50. The van der Waals surface area contributed by atoms with Crippen LogP contribution in [0.1, 0.15) is 63.0 Å². The second kappa shape index (κ2) is 11.2. The molecule has 1 saturated heterocycles. The summed E-state index contributed by atoms with van der Waals surface area (Å²) < 4.78 is 0. The zero-order valence-corrected chi connectivity index (χ0v) is 20.2. The Morgan fingerprint density at radius 2 is 1.86 bits per heavy atom. The number of carbonyl (C=O) groups is 1. The standard InChI is InChI=1S/C22H35N5O.HI/c1-4-24-22(25-18-9-11-27(12-10-18)14-21(23)28)26-20-13-19(20)17-7-5-16(6-8-17)15(2)3;/h5-8,15,18-20H,4,9-14H2,1-3H3,(H2,23,28)(H2,24,25,26);1H. The Bertz CT molecular complexity index is 683. The van der Waals surface area contributed by atoms with E-state index in [-0.39, 0.29) is 29.9 Å². The number of amides is 1. The number of carbonyl (C=O) groups excluding carboxylic acids is 1. The number of nitrogens with one attached hydrogen (secondary N) is 2. The Hall–Kier alpha value is -1.35. The van der Waals surface area contributed by atoms with Gasteiger partial charge in [-0.25, -0.2) is 0 Å². The fourth-order valence-corrected chi connectivity index (χ4v) is 3.97. The van der Waals surface area contributed by atoms with Crippen molar-refractivity contribution in [1.29, 1.82) is 0 Å². The van der Waals surface area contributed by atoms with E-state index in [1.807, 2.05) is 0 Å². The van der Waals surface area contributed by atoms with Crippen LogP contribution in [0.5, 0.6) is 0 Å². The number of rotatable bonds is 7. The minimum Gasteiger partial charge on any atom is -0.369 e. The van der Waals surface area contributed by atoms with Gasteiger partial charge in [-0.3, -0.25) is 14.7 Å². The fraction of sp³-hybridized carbons (Fsp3) is 0.636. The first-order valence-corrected chi connectivity index (χ1v) is 10.6. The maximum atomic E-state index is 11.1. The molecular formula is C22H36IN5O. The number of nitrogens with zero attached hydrogens (tertiary/aromatic N) is 2. The maximum Gasteiger partial charge on any atom is 0.231 e. The summed E-state index contributed by atoms with van der Waals surface area (Å²) >= 11 is 0. The highest BCUT2D eigenvalue weighted by Gasteiger charge is 2.39. The number of guanidine groups is 1. The summed E-state index contributed by atoms with van der Waals surface area (Å²) in [5, 5.41) is 7.21. The lowest BCUT2D eigenvalue weighted by atomic mass is 10.0. The molecule has 2 aliphatic rings. The molecule has 1 saturated carbocycles. The monoisotopic (exact) mass is 513 g/mol. The topological polar surface area (TPSA) is 82.8 Å². The van der Waals surface area contributed by atoms with Crippen LogP contribution in [0.2, 0.25) is 0 Å². The molecule has 1 heterocycles. The number of likely N-dealkylation sites (tertiary alicyclic amines) is 1. The molecule has 2 unspecified atom stereocenters. The smallest absolute Gasteiger partial charge is 0.231 e. The predicted molar refractivity (Wildman–Crippen MR) is 130 cm³/mol. The van der Waals surface area contributed by atoms with Gasteiger partial charge in [0.15, 0.2) is 5.96 Å². The highest BCUT2D eigenvalue weighted by atomic mass is 127. The first-order valence-electron chi connectivity index (χ1n) is 10.6. The molecule has 2 atom stereocenters. The molecule has 0 radical (unpaired) electrons. The molecule has 29 heavy (non-hydrogen) atoms. The van der Waals surface area contributed by atoms with Gasteiger partial charge in [0.05, 0.1) is 6.54 Å². The van der Waals surface area contributed by atoms with Gasteiger partial charge in [-0.1, -0.05) is 38.1 Å². The zero-order chi connectivity index (χ0) is 20.1. The van der Waals surface area contributed by atoms with Crippen LogP contribution in [-0.2, 0) is 4.79 Å². The number of benzene rings is 1. The van der Waals surface area contributed by atoms with E-state index >= 15 is 0 Å². The van der Waals surface area contributed by atoms with E-state index in [1.165, 1.54) is 11.1 Å². The Morgan fingerprint density at radius 1 is 1.21 bits per heavy atom. The van der Waals surface area contributed by atoms with Crippen LogP contribution in [-0.4, -0.2) is 55.0 Å². The van der Waals surface area contributed by atoms with E-state index in [1.54, 1.807) is 0 Å². The fourth-order valence-electron chi connectivity index (χ4n) is 3.97. The van der Waals surface area contributed by atoms with E-state index in [4.69, 9.17) is 5.73 Å². The van der Waals surface area contributed by atoms with Gasteiger partial charge < -0.3 is 16.4 Å². The molecule has 0 spiro atoms. The molecule has 0 bridgehead atoms. The van der Waals surface area contributed by atoms with Crippen molar-refractivity contribution >= 4 is 35.8 Å². The second-order valence-electron chi connectivity index (χ2n) is 8.40. The SMILES string of the molecule is CCN=C(NC1CCN(CC(N)=O)CC1)NC1CC1c1ccc(C(C)C)cc1.I. The average Bonchev–Trinajstić information content (AvgIpc) is 3.42. The van der Waals surface area contributed by atoms with Crippen LogP contribution < -0.4 is 16.4 Å². The predicted octanol–water partition coefficient (Wildman–Crippen LogP) is 2.79. The maximum absolute atomic E-state index is 11.1. The van der Waals surface area contributed by atoms with Gasteiger partial charge >= 0.3 is 0 Å². The zero-order valence-electron chi connectivity index (χ0n) is 17.9. The summed E-state index contributed by atoms with van der Waals surface area (Å²) in [7, 11) is 0. The Labute approximate surface area is 192 Å². The van der Waals surface area contributed by atoms with E-state index < -0.39 is 0 Å². The Morgan fingerprint density at radius 3 is 2.41 bits per heavy atom. The quantitative estimate of drug-likeness (QED) is 0.298. The largest absolute Gasteiger partial charge is 0.369 e. The molecule has 1 aromatic carbocycles. The van der Waals surface area contributed by atoms with Gasteiger partial charge in [-0.2, -0.15) is 0 Å². The molecule has 7 heteroatoms. The summed E-state index contributed by atoms with van der Waals surface area (Å²) in [5.41, 5.74) is 8.11. The summed E-state index contributed by atoms with van der Waals surface area (Å²) in [6.45, 7) is 9.44. The number of piperidine rings is 1. The highest BCUT2D eigenvalue weighted by molar-refractivity contribution is 14.0. The van der Waals surface area contributed by atoms with Gasteiger partial charge in [0.1, 0.15) is 0 Å². The molecular weight excluding hydrogens is 477 g/mol. The van der Waals surface area contributed by atoms with Crippen molar-refractivity contribution in [3.05, 3.63) is 35.4 Å². The van der Waals surface area contributed by atoms with Crippen molar-refractivity contribution in [2.24, 2.45) is 10.7 Å². The number of hydrogen-bond acceptors (Lipinski definition) is 3. The molecule has 1 amide bonds. The van der Waals surface area contributed by atoms with Crippen molar-refractivity contribution in [2.75, 3.05) is 26.2 Å². The Kier molecular flexibility index (Phi) is 9.20. The average molecular weight is 513 g/mol. The normalized spacial score (nSPS) is 22.8. The minimum absolute atomic E-state index is 0. The molecule has 3 rings (SSSR count). The minimum atomic E-state index is -0.248. The molecule has 1 aromatic rings. The second-order valence-corrected chi connectivity index (χ2v) is 8.40. The van der Waals surface area contributed by atoms with E-state index in [0.29, 0.717) is 30.5 Å². The number of primary amides is 1. The van der Waals surface area contributed by atoms with Gasteiger partial charge in [-0.15, -0.1) is 24.0 Å². The highest BCUT2D eigenvalue weighted by Crippen LogP contribution is 2.41. The lowest BCUT2D eigenvalue weighted by molar-refractivity contribution is -0.119. The van der Waals surface area contributed by atoms with Gasteiger partial charge in [0.25, 0.3) is 0 Å². The lowest BCUT2D eigenvalue weighted by Gasteiger charge is -2.32. The third-order valence-electron chi connectivity index (χ3n) is 5.77. The third kappa shape index (κ3) is 7.13. The number of aliphatic imine (C=N–C) groups is 1. The summed E-state index contributed by atoms with van der Waals surface area (Å²) in [4.78, 5) is 17.8. The van der Waals surface area contributed by atoms with E-state index in [9.17, 15) is 4.79 Å². The van der Waals surface area contributed by atoms with Crippen molar-refractivity contribution in [2.45, 2.75) is 64.0 Å². The molecule has 1 aliphatic carbocycles. The molecule has 1 aliphatic heterocycles. The summed E-state index contributed by atoms with van der Waals surface area (Å²) in [6.07, 6.45) is 3.16. The van der Waals surface area contributed by atoms with Gasteiger partial charge in [0.2, 0.25) is 5.91 Å². The van der Waals surface area contributed by atoms with Crippen LogP contribution in [0.4, 0.5) is 0 Å². The number of nitrogens with two attached hydrogens (primary N) is 1. The molecule has 0 aromatic heterocycles. The number of hydrogen-bond donors (Lipinski definition) is 3. The first-order chi connectivity index (χ1) is 13.5. The van der Waals surface area contributed by atoms with Crippen LogP contribution in [0, 0.1) is 0 Å². The van der Waals surface area contributed by atoms with Gasteiger partial charge in [-0.05, 0) is 43.2 Å². The van der Waals surface area contributed by atoms with Crippen LogP contribution in [0.25, 0.3) is 0 Å². The van der Waals surface area contributed by atoms with Crippen LogP contribution >= 0.6 is 24.0 Å². The van der Waals surface area contributed by atoms with Crippen molar-refractivity contribution in [3.63, 3.8) is 0 Å². The first kappa shape index (κ1) is 23.9. The van der Waals surface area contributed by atoms with Gasteiger partial charge in [0, 0.05) is 37.6 Å².